The highest BCUT2D eigenvalue weighted by Gasteiger charge is 2.08. The molecule has 0 aliphatic carbocycles. The van der Waals surface area contributed by atoms with E-state index in [4.69, 9.17) is 10.6 Å². The van der Waals surface area contributed by atoms with E-state index in [0.717, 1.165) is 40.9 Å². The molecule has 0 amide bonds. The van der Waals surface area contributed by atoms with Crippen LogP contribution in [0.15, 0.2) is 24.3 Å². The monoisotopic (exact) mass is 231 g/mol. The largest absolute Gasteiger partial charge is 0.494 e. The molecule has 0 saturated carbocycles. The lowest BCUT2D eigenvalue weighted by Gasteiger charge is -2.11. The van der Waals surface area contributed by atoms with E-state index >= 15 is 0 Å². The molecule has 1 aromatic heterocycles. The first-order chi connectivity index (χ1) is 8.30. The summed E-state index contributed by atoms with van der Waals surface area (Å²) in [5.41, 5.74) is 4.63. The van der Waals surface area contributed by atoms with E-state index in [9.17, 15) is 0 Å². The Balaban J connectivity index is 2.64. The van der Waals surface area contributed by atoms with Crippen LogP contribution >= 0.6 is 0 Å². The third kappa shape index (κ3) is 2.17. The van der Waals surface area contributed by atoms with Crippen LogP contribution in [-0.2, 0) is 6.42 Å². The van der Waals surface area contributed by atoms with Gasteiger partial charge in [0, 0.05) is 5.39 Å². The number of anilines is 1. The van der Waals surface area contributed by atoms with E-state index in [0.29, 0.717) is 0 Å². The van der Waals surface area contributed by atoms with E-state index in [-0.39, 0.29) is 0 Å². The van der Waals surface area contributed by atoms with Crippen LogP contribution in [0.25, 0.3) is 10.9 Å². The number of nitrogens with zero attached hydrogens (tertiary/aromatic N) is 1. The van der Waals surface area contributed by atoms with Gasteiger partial charge >= 0.3 is 0 Å². The number of rotatable bonds is 4. The molecule has 0 unspecified atom stereocenters. The minimum absolute atomic E-state index is 0.726. The number of ether oxygens (including phenoxy) is 1. The second-order valence-electron chi connectivity index (χ2n) is 3.92. The van der Waals surface area contributed by atoms with Gasteiger partial charge in [0.05, 0.1) is 7.11 Å². The number of nitrogens with two attached hydrogens (primary N) is 1. The van der Waals surface area contributed by atoms with Crippen molar-refractivity contribution in [1.82, 2.24) is 4.98 Å². The summed E-state index contributed by atoms with van der Waals surface area (Å²) in [4.78, 5) is 4.52. The summed E-state index contributed by atoms with van der Waals surface area (Å²) in [5, 5.41) is 1.08. The fourth-order valence-corrected chi connectivity index (χ4v) is 1.96. The summed E-state index contributed by atoms with van der Waals surface area (Å²) in [6, 6.07) is 8.01. The summed E-state index contributed by atoms with van der Waals surface area (Å²) in [5.74, 6) is 7.00. The predicted molar refractivity (Wildman–Crippen MR) is 70.1 cm³/mol. The number of nitrogen functional groups attached to an aromatic ring is 1. The fourth-order valence-electron chi connectivity index (χ4n) is 1.96. The average molecular weight is 231 g/mol. The second-order valence-corrected chi connectivity index (χ2v) is 3.92. The second kappa shape index (κ2) is 5.01. The molecular weight excluding hydrogens is 214 g/mol. The minimum Gasteiger partial charge on any atom is -0.494 e. The number of nitrogens with one attached hydrogen (secondary N) is 1. The highest BCUT2D eigenvalue weighted by molar-refractivity contribution is 5.87. The lowest BCUT2D eigenvalue weighted by atomic mass is 10.1. The molecule has 2 rings (SSSR count). The zero-order valence-electron chi connectivity index (χ0n) is 10.2. The number of pyridine rings is 1. The summed E-state index contributed by atoms with van der Waals surface area (Å²) < 4.78 is 5.30. The number of para-hydroxylation sites is 1. The molecule has 4 nitrogen and oxygen atoms in total. The molecule has 4 heteroatoms. The Morgan fingerprint density at radius 3 is 2.88 bits per heavy atom. The summed E-state index contributed by atoms with van der Waals surface area (Å²) in [6.45, 7) is 2.13. The van der Waals surface area contributed by atoms with Crippen molar-refractivity contribution in [3.8, 4) is 5.75 Å². The van der Waals surface area contributed by atoms with Crippen molar-refractivity contribution in [2.75, 3.05) is 12.5 Å². The lowest BCUT2D eigenvalue weighted by Crippen LogP contribution is -2.11. The molecule has 0 saturated heterocycles. The Morgan fingerprint density at radius 2 is 2.24 bits per heavy atom. The van der Waals surface area contributed by atoms with E-state index in [1.165, 1.54) is 0 Å². The summed E-state index contributed by atoms with van der Waals surface area (Å²) >= 11 is 0. The van der Waals surface area contributed by atoms with Crippen molar-refractivity contribution in [2.24, 2.45) is 5.84 Å². The van der Waals surface area contributed by atoms with E-state index in [2.05, 4.69) is 23.4 Å². The Morgan fingerprint density at radius 1 is 1.41 bits per heavy atom. The van der Waals surface area contributed by atoms with Crippen LogP contribution < -0.4 is 16.0 Å². The molecule has 17 heavy (non-hydrogen) atoms. The number of aromatic nitrogens is 1. The molecule has 1 aromatic carbocycles. The van der Waals surface area contributed by atoms with Crippen LogP contribution in [0.4, 0.5) is 5.82 Å². The summed E-state index contributed by atoms with van der Waals surface area (Å²) in [7, 11) is 1.64. The molecule has 0 aliphatic rings. The maximum atomic E-state index is 5.51. The van der Waals surface area contributed by atoms with Gasteiger partial charge in [-0.25, -0.2) is 10.8 Å². The molecule has 0 spiro atoms. The first kappa shape index (κ1) is 11.7. The van der Waals surface area contributed by atoms with Crippen LogP contribution in [-0.4, -0.2) is 12.1 Å². The van der Waals surface area contributed by atoms with Gasteiger partial charge in [-0.1, -0.05) is 25.5 Å². The van der Waals surface area contributed by atoms with Crippen molar-refractivity contribution in [1.29, 1.82) is 0 Å². The van der Waals surface area contributed by atoms with Crippen molar-refractivity contribution in [3.63, 3.8) is 0 Å². The normalized spacial score (nSPS) is 10.5. The number of hydrogen-bond donors (Lipinski definition) is 2. The molecule has 0 aliphatic heterocycles. The fraction of sp³-hybridized carbons (Fsp3) is 0.308. The van der Waals surface area contributed by atoms with E-state index in [1.807, 2.05) is 18.2 Å². The Labute approximate surface area is 101 Å². The molecule has 0 radical (unpaired) electrons. The first-order valence-corrected chi connectivity index (χ1v) is 5.73. The van der Waals surface area contributed by atoms with Gasteiger partial charge in [-0.05, 0) is 24.1 Å². The van der Waals surface area contributed by atoms with Crippen molar-refractivity contribution in [2.45, 2.75) is 19.8 Å². The van der Waals surface area contributed by atoms with E-state index in [1.54, 1.807) is 7.11 Å². The standard InChI is InChI=1S/C13H17N3O/c1-3-5-10-8-9-6-4-7-11(17-2)12(9)15-13(10)16-14/h4,6-8H,3,5,14H2,1-2H3,(H,15,16). The van der Waals surface area contributed by atoms with Crippen LogP contribution in [0.2, 0.25) is 0 Å². The predicted octanol–water partition coefficient (Wildman–Crippen LogP) is 2.48. The molecule has 1 heterocycles. The molecule has 0 bridgehead atoms. The third-order valence-electron chi connectivity index (χ3n) is 2.76. The van der Waals surface area contributed by atoms with Gasteiger partial charge in [-0.2, -0.15) is 0 Å². The van der Waals surface area contributed by atoms with Gasteiger partial charge in [0.25, 0.3) is 0 Å². The van der Waals surface area contributed by atoms with Gasteiger partial charge in [0.15, 0.2) is 0 Å². The first-order valence-electron chi connectivity index (χ1n) is 5.73. The van der Waals surface area contributed by atoms with Gasteiger partial charge in [0.2, 0.25) is 0 Å². The number of hydrogen-bond acceptors (Lipinski definition) is 4. The third-order valence-corrected chi connectivity index (χ3v) is 2.76. The molecule has 3 N–H and O–H groups in total. The molecule has 2 aromatic rings. The van der Waals surface area contributed by atoms with Crippen molar-refractivity contribution < 1.29 is 4.74 Å². The highest BCUT2D eigenvalue weighted by atomic mass is 16.5. The Kier molecular flexibility index (Phi) is 3.44. The van der Waals surface area contributed by atoms with Crippen molar-refractivity contribution in [3.05, 3.63) is 29.8 Å². The van der Waals surface area contributed by atoms with Gasteiger partial charge in [-0.3, -0.25) is 0 Å². The number of hydrazine groups is 1. The molecule has 90 valence electrons. The lowest BCUT2D eigenvalue weighted by molar-refractivity contribution is 0.419. The van der Waals surface area contributed by atoms with Crippen LogP contribution in [0.1, 0.15) is 18.9 Å². The number of benzene rings is 1. The maximum Gasteiger partial charge on any atom is 0.145 e. The zero-order chi connectivity index (χ0) is 12.3. The van der Waals surface area contributed by atoms with E-state index < -0.39 is 0 Å². The highest BCUT2D eigenvalue weighted by Crippen LogP contribution is 2.27. The summed E-state index contributed by atoms with van der Waals surface area (Å²) in [6.07, 6.45) is 2.02. The van der Waals surface area contributed by atoms with Gasteiger partial charge in [0.1, 0.15) is 17.1 Å². The topological polar surface area (TPSA) is 60.2 Å². The molecule has 0 atom stereocenters. The smallest absolute Gasteiger partial charge is 0.145 e. The SMILES string of the molecule is CCCc1cc2cccc(OC)c2nc1NN. The average Bonchev–Trinajstić information content (AvgIpc) is 2.37. The zero-order valence-corrected chi connectivity index (χ0v) is 10.2. The van der Waals surface area contributed by atoms with Crippen LogP contribution in [0, 0.1) is 0 Å². The minimum atomic E-state index is 0.726. The Bertz CT molecular complexity index is 525. The number of methoxy groups -OCH3 is 1. The van der Waals surface area contributed by atoms with Gasteiger partial charge in [-0.15, -0.1) is 0 Å². The van der Waals surface area contributed by atoms with Crippen molar-refractivity contribution >= 4 is 16.7 Å². The van der Waals surface area contributed by atoms with Crippen LogP contribution in [0.5, 0.6) is 5.75 Å². The maximum absolute atomic E-state index is 5.51. The van der Waals surface area contributed by atoms with Crippen LogP contribution in [0.3, 0.4) is 0 Å². The Hall–Kier alpha value is -1.81. The molecule has 0 fully saturated rings. The number of fused-ring (bicyclic) bond motifs is 1. The molecular formula is C13H17N3O. The quantitative estimate of drug-likeness (QED) is 0.627. The number of aryl methyl sites for hydroxylation is 1. The van der Waals surface area contributed by atoms with Gasteiger partial charge < -0.3 is 10.2 Å².